The fraction of sp³-hybridized carbons (Fsp3) is 0.182. The number of halogens is 4. The maximum Gasteiger partial charge on any atom is 0.418 e. The number of benzene rings is 2. The molecule has 10 heteroatoms. The summed E-state index contributed by atoms with van der Waals surface area (Å²) < 4.78 is 62.9. The molecule has 168 valence electrons. The topological polar surface area (TPSA) is 60.5 Å². The zero-order valence-corrected chi connectivity index (χ0v) is 17.6. The van der Waals surface area contributed by atoms with Gasteiger partial charge in [-0.2, -0.15) is 13.2 Å². The van der Waals surface area contributed by atoms with Crippen molar-refractivity contribution >= 4 is 23.4 Å². The minimum Gasteiger partial charge on any atom is -0.491 e. The Morgan fingerprint density at radius 1 is 1.09 bits per heavy atom. The number of ether oxygens (including phenoxy) is 2. The molecule has 0 saturated heterocycles. The van der Waals surface area contributed by atoms with Crippen molar-refractivity contribution in [1.82, 2.24) is 4.98 Å². The Balaban J connectivity index is 1.64. The molecule has 5 nitrogen and oxygen atoms in total. The van der Waals surface area contributed by atoms with Crippen molar-refractivity contribution < 1.29 is 31.8 Å². The average molecular weight is 466 g/mol. The second kappa shape index (κ2) is 10.4. The number of rotatable bonds is 8. The number of alkyl halides is 3. The van der Waals surface area contributed by atoms with Gasteiger partial charge < -0.3 is 14.8 Å². The van der Waals surface area contributed by atoms with Gasteiger partial charge in [0.2, 0.25) is 0 Å². The summed E-state index contributed by atoms with van der Waals surface area (Å²) in [6.45, 7) is -0.531. The number of para-hydroxylation sites is 1. The standard InChI is InChI=1S/C22H18F4N2O3S/c1-30-20-11-27-15(13-32-16-8-6-14(23)7-9-16)10-19(20)31-12-21(29)28-18-5-3-2-4-17(18)22(24,25)26/h2-11H,12-13H2,1H3,(H,28,29). The third-order valence-corrected chi connectivity index (χ3v) is 5.22. The van der Waals surface area contributed by atoms with Crippen LogP contribution in [0.25, 0.3) is 0 Å². The van der Waals surface area contributed by atoms with Gasteiger partial charge in [-0.1, -0.05) is 12.1 Å². The number of nitrogens with zero attached hydrogens (tertiary/aromatic N) is 1. The van der Waals surface area contributed by atoms with Crippen LogP contribution in [0, 0.1) is 5.82 Å². The van der Waals surface area contributed by atoms with Gasteiger partial charge in [0.1, 0.15) is 5.82 Å². The van der Waals surface area contributed by atoms with E-state index in [-0.39, 0.29) is 23.0 Å². The highest BCUT2D eigenvalue weighted by Gasteiger charge is 2.33. The summed E-state index contributed by atoms with van der Waals surface area (Å²) in [5.41, 5.74) is -0.695. The van der Waals surface area contributed by atoms with Gasteiger partial charge in [-0.15, -0.1) is 11.8 Å². The van der Waals surface area contributed by atoms with E-state index in [9.17, 15) is 22.4 Å². The number of thioether (sulfide) groups is 1. The summed E-state index contributed by atoms with van der Waals surface area (Å²) in [5, 5.41) is 2.22. The summed E-state index contributed by atoms with van der Waals surface area (Å²) in [6.07, 6.45) is -3.18. The van der Waals surface area contributed by atoms with E-state index in [4.69, 9.17) is 9.47 Å². The third kappa shape index (κ3) is 6.36. The zero-order chi connectivity index (χ0) is 23.1. The monoisotopic (exact) mass is 466 g/mol. The molecule has 32 heavy (non-hydrogen) atoms. The van der Waals surface area contributed by atoms with Crippen LogP contribution in [0.2, 0.25) is 0 Å². The predicted molar refractivity (Wildman–Crippen MR) is 112 cm³/mol. The molecule has 1 heterocycles. The number of carbonyl (C=O) groups is 1. The Kier molecular flexibility index (Phi) is 7.57. The minimum atomic E-state index is -4.60. The van der Waals surface area contributed by atoms with Gasteiger partial charge in [-0.05, 0) is 36.4 Å². The summed E-state index contributed by atoms with van der Waals surface area (Å²) >= 11 is 1.42. The van der Waals surface area contributed by atoms with Gasteiger partial charge in [-0.3, -0.25) is 9.78 Å². The van der Waals surface area contributed by atoms with Crippen LogP contribution in [0.4, 0.5) is 23.2 Å². The number of hydrogen-bond acceptors (Lipinski definition) is 5. The summed E-state index contributed by atoms with van der Waals surface area (Å²) in [5.74, 6) is -0.163. The summed E-state index contributed by atoms with van der Waals surface area (Å²) in [6, 6.07) is 12.2. The molecule has 0 bridgehead atoms. The van der Waals surface area contributed by atoms with E-state index in [1.165, 1.54) is 55.4 Å². The highest BCUT2D eigenvalue weighted by Crippen LogP contribution is 2.34. The van der Waals surface area contributed by atoms with Gasteiger partial charge in [0, 0.05) is 16.7 Å². The highest BCUT2D eigenvalue weighted by molar-refractivity contribution is 7.98. The lowest BCUT2D eigenvalue weighted by molar-refractivity contribution is -0.137. The SMILES string of the molecule is COc1cnc(CSc2ccc(F)cc2)cc1OCC(=O)Nc1ccccc1C(F)(F)F. The van der Waals surface area contributed by atoms with Crippen LogP contribution in [0.15, 0.2) is 65.7 Å². The Labute approximate surface area is 185 Å². The molecular formula is C22H18F4N2O3S. The van der Waals surface area contributed by atoms with Crippen LogP contribution < -0.4 is 14.8 Å². The summed E-state index contributed by atoms with van der Waals surface area (Å²) in [7, 11) is 1.40. The molecule has 3 aromatic rings. The van der Waals surface area contributed by atoms with Crippen molar-refractivity contribution in [3.05, 3.63) is 77.9 Å². The first-order valence-electron chi connectivity index (χ1n) is 9.26. The second-order valence-electron chi connectivity index (χ2n) is 6.45. The van der Waals surface area contributed by atoms with Crippen LogP contribution >= 0.6 is 11.8 Å². The Hall–Kier alpha value is -3.27. The van der Waals surface area contributed by atoms with Gasteiger partial charge in [0.05, 0.1) is 30.3 Å². The van der Waals surface area contributed by atoms with Crippen molar-refractivity contribution in [2.75, 3.05) is 19.0 Å². The molecule has 0 radical (unpaired) electrons. The average Bonchev–Trinajstić information content (AvgIpc) is 2.77. The van der Waals surface area contributed by atoms with Gasteiger partial charge in [-0.25, -0.2) is 4.39 Å². The number of methoxy groups -OCH3 is 1. The lowest BCUT2D eigenvalue weighted by Gasteiger charge is -2.15. The molecule has 0 unspecified atom stereocenters. The number of aromatic nitrogens is 1. The van der Waals surface area contributed by atoms with E-state index in [1.807, 2.05) is 0 Å². The molecule has 1 N–H and O–H groups in total. The van der Waals surface area contributed by atoms with Crippen LogP contribution in [0.5, 0.6) is 11.5 Å². The first kappa shape index (κ1) is 23.4. The smallest absolute Gasteiger partial charge is 0.418 e. The number of nitrogens with one attached hydrogen (secondary N) is 1. The molecular weight excluding hydrogens is 448 g/mol. The molecule has 0 aliphatic carbocycles. The molecule has 0 aliphatic rings. The molecule has 0 fully saturated rings. The number of amides is 1. The molecule has 0 saturated carbocycles. The number of carbonyl (C=O) groups excluding carboxylic acids is 1. The van der Waals surface area contributed by atoms with Gasteiger partial charge in [0.25, 0.3) is 5.91 Å². The number of pyridine rings is 1. The number of hydrogen-bond donors (Lipinski definition) is 1. The van der Waals surface area contributed by atoms with Gasteiger partial charge >= 0.3 is 6.18 Å². The van der Waals surface area contributed by atoms with E-state index >= 15 is 0 Å². The highest BCUT2D eigenvalue weighted by atomic mass is 32.2. The predicted octanol–water partition coefficient (Wildman–Crippen LogP) is 5.56. The summed E-state index contributed by atoms with van der Waals surface area (Å²) in [4.78, 5) is 17.3. The quantitative estimate of drug-likeness (QED) is 0.348. The van der Waals surface area contributed by atoms with E-state index in [0.717, 1.165) is 11.0 Å². The Morgan fingerprint density at radius 3 is 2.50 bits per heavy atom. The fourth-order valence-electron chi connectivity index (χ4n) is 2.67. The van der Waals surface area contributed by atoms with Gasteiger partial charge in [0.15, 0.2) is 18.1 Å². The Morgan fingerprint density at radius 2 is 1.81 bits per heavy atom. The largest absolute Gasteiger partial charge is 0.491 e. The molecule has 0 atom stereocenters. The van der Waals surface area contributed by atoms with Crippen LogP contribution in [-0.4, -0.2) is 24.6 Å². The molecule has 0 spiro atoms. The van der Waals surface area contributed by atoms with Crippen LogP contribution in [0.1, 0.15) is 11.3 Å². The van der Waals surface area contributed by atoms with Crippen molar-refractivity contribution in [1.29, 1.82) is 0 Å². The molecule has 2 aromatic carbocycles. The normalized spacial score (nSPS) is 11.2. The first-order chi connectivity index (χ1) is 15.3. The fourth-order valence-corrected chi connectivity index (χ4v) is 3.47. The molecule has 1 aromatic heterocycles. The van der Waals surface area contributed by atoms with Crippen LogP contribution in [-0.2, 0) is 16.7 Å². The third-order valence-electron chi connectivity index (χ3n) is 4.17. The van der Waals surface area contributed by atoms with Crippen molar-refractivity contribution in [3.63, 3.8) is 0 Å². The maximum atomic E-state index is 13.1. The van der Waals surface area contributed by atoms with Crippen molar-refractivity contribution in [2.45, 2.75) is 16.8 Å². The lowest BCUT2D eigenvalue weighted by Crippen LogP contribution is -2.22. The van der Waals surface area contributed by atoms with Crippen molar-refractivity contribution in [3.8, 4) is 11.5 Å². The molecule has 3 rings (SSSR count). The Bertz CT molecular complexity index is 1080. The van der Waals surface area contributed by atoms with Crippen LogP contribution in [0.3, 0.4) is 0 Å². The zero-order valence-electron chi connectivity index (χ0n) is 16.8. The van der Waals surface area contributed by atoms with Crippen molar-refractivity contribution in [2.24, 2.45) is 0 Å². The van der Waals surface area contributed by atoms with E-state index in [1.54, 1.807) is 18.2 Å². The van der Waals surface area contributed by atoms with E-state index in [0.29, 0.717) is 11.4 Å². The first-order valence-corrected chi connectivity index (χ1v) is 10.2. The van der Waals surface area contributed by atoms with E-state index < -0.39 is 24.3 Å². The minimum absolute atomic E-state index is 0.219. The maximum absolute atomic E-state index is 13.1. The lowest BCUT2D eigenvalue weighted by atomic mass is 10.1. The van der Waals surface area contributed by atoms with E-state index in [2.05, 4.69) is 10.3 Å². The molecule has 0 aliphatic heterocycles. The number of anilines is 1. The second-order valence-corrected chi connectivity index (χ2v) is 7.50. The molecule has 1 amide bonds.